The minimum absolute atomic E-state index is 0.276. The van der Waals surface area contributed by atoms with Gasteiger partial charge in [0.1, 0.15) is 6.10 Å². The Kier molecular flexibility index (Phi) is 7.27. The summed E-state index contributed by atoms with van der Waals surface area (Å²) < 4.78 is 14.2. The molecule has 0 aliphatic carbocycles. The molecule has 1 atom stereocenters. The Labute approximate surface area is 89.0 Å². The summed E-state index contributed by atoms with van der Waals surface area (Å²) in [7, 11) is 1.51. The van der Waals surface area contributed by atoms with E-state index in [0.717, 1.165) is 12.2 Å². The molecular weight excluding hydrogens is 200 g/mol. The highest BCUT2D eigenvalue weighted by atomic mass is 16.6. The van der Waals surface area contributed by atoms with Crippen molar-refractivity contribution in [2.45, 2.75) is 20.0 Å². The van der Waals surface area contributed by atoms with Crippen LogP contribution in [0.5, 0.6) is 0 Å². The van der Waals surface area contributed by atoms with Crippen LogP contribution in [0.1, 0.15) is 13.8 Å². The lowest BCUT2D eigenvalue weighted by Gasteiger charge is -2.09. The third-order valence-electron chi connectivity index (χ3n) is 1.36. The summed E-state index contributed by atoms with van der Waals surface area (Å²) in [6.07, 6.45) is 1.73. The standard InChI is InChI=1S/C10H16O5/c1-4-14-9(11)5-6-10(12)15-8(2)7-13-3/h5-6,8H,4,7H2,1-3H3/b6-5-. The Bertz CT molecular complexity index is 234. The molecular formula is C10H16O5. The van der Waals surface area contributed by atoms with E-state index in [2.05, 4.69) is 4.74 Å². The van der Waals surface area contributed by atoms with Crippen LogP contribution in [0, 0.1) is 0 Å². The van der Waals surface area contributed by atoms with Gasteiger partial charge in [0.2, 0.25) is 0 Å². The van der Waals surface area contributed by atoms with Crippen molar-refractivity contribution < 1.29 is 23.8 Å². The average molecular weight is 216 g/mol. The van der Waals surface area contributed by atoms with Crippen molar-refractivity contribution in [2.24, 2.45) is 0 Å². The molecule has 0 aromatic rings. The number of hydrogen-bond acceptors (Lipinski definition) is 5. The van der Waals surface area contributed by atoms with E-state index in [1.165, 1.54) is 7.11 Å². The molecule has 0 bridgehead atoms. The first-order chi connectivity index (χ1) is 7.10. The molecule has 0 radical (unpaired) electrons. The van der Waals surface area contributed by atoms with E-state index in [9.17, 15) is 9.59 Å². The van der Waals surface area contributed by atoms with Gasteiger partial charge in [0.05, 0.1) is 13.2 Å². The highest BCUT2D eigenvalue weighted by Crippen LogP contribution is 1.93. The predicted octanol–water partition coefficient (Wildman–Crippen LogP) is 0.684. The molecule has 0 heterocycles. The summed E-state index contributed by atoms with van der Waals surface area (Å²) in [6.45, 7) is 3.97. The summed E-state index contributed by atoms with van der Waals surface area (Å²) in [5.74, 6) is -1.15. The second kappa shape index (κ2) is 7.99. The Morgan fingerprint density at radius 2 is 1.87 bits per heavy atom. The van der Waals surface area contributed by atoms with E-state index in [4.69, 9.17) is 9.47 Å². The molecule has 0 N–H and O–H groups in total. The van der Waals surface area contributed by atoms with Gasteiger partial charge in [0.15, 0.2) is 0 Å². The number of carbonyl (C=O) groups is 2. The van der Waals surface area contributed by atoms with Gasteiger partial charge in [-0.3, -0.25) is 0 Å². The fourth-order valence-corrected chi connectivity index (χ4v) is 0.833. The van der Waals surface area contributed by atoms with Crippen LogP contribution in [0.4, 0.5) is 0 Å². The summed E-state index contributed by atoms with van der Waals surface area (Å²) >= 11 is 0. The van der Waals surface area contributed by atoms with Gasteiger partial charge in [-0.2, -0.15) is 0 Å². The second-order valence-electron chi connectivity index (χ2n) is 2.79. The van der Waals surface area contributed by atoms with E-state index in [0.29, 0.717) is 6.61 Å². The summed E-state index contributed by atoms with van der Waals surface area (Å²) in [6, 6.07) is 0. The first-order valence-corrected chi connectivity index (χ1v) is 4.64. The highest BCUT2D eigenvalue weighted by molar-refractivity contribution is 5.91. The molecule has 0 saturated carbocycles. The maximum absolute atomic E-state index is 11.1. The molecule has 0 aromatic heterocycles. The van der Waals surface area contributed by atoms with Crippen LogP contribution in [-0.4, -0.2) is 38.4 Å². The molecule has 1 unspecified atom stereocenters. The van der Waals surface area contributed by atoms with E-state index in [-0.39, 0.29) is 12.7 Å². The van der Waals surface area contributed by atoms with Crippen molar-refractivity contribution in [3.63, 3.8) is 0 Å². The zero-order valence-corrected chi connectivity index (χ0v) is 9.19. The minimum atomic E-state index is -0.590. The molecule has 86 valence electrons. The zero-order chi connectivity index (χ0) is 11.7. The Balaban J connectivity index is 3.87. The zero-order valence-electron chi connectivity index (χ0n) is 9.19. The average Bonchev–Trinajstić information content (AvgIpc) is 2.15. The number of rotatable bonds is 6. The van der Waals surface area contributed by atoms with Crippen LogP contribution < -0.4 is 0 Å². The van der Waals surface area contributed by atoms with Gasteiger partial charge in [0.25, 0.3) is 0 Å². The second-order valence-corrected chi connectivity index (χ2v) is 2.79. The molecule has 0 spiro atoms. The Morgan fingerprint density at radius 1 is 1.27 bits per heavy atom. The summed E-state index contributed by atoms with van der Waals surface area (Å²) in [5.41, 5.74) is 0. The minimum Gasteiger partial charge on any atom is -0.463 e. The molecule has 5 nitrogen and oxygen atoms in total. The molecule has 15 heavy (non-hydrogen) atoms. The van der Waals surface area contributed by atoms with Crippen LogP contribution in [0.3, 0.4) is 0 Å². The van der Waals surface area contributed by atoms with Gasteiger partial charge in [-0.05, 0) is 13.8 Å². The smallest absolute Gasteiger partial charge is 0.331 e. The highest BCUT2D eigenvalue weighted by Gasteiger charge is 2.06. The number of esters is 2. The van der Waals surface area contributed by atoms with E-state index in [1.807, 2.05) is 0 Å². The molecule has 0 saturated heterocycles. The lowest BCUT2D eigenvalue weighted by Crippen LogP contribution is -2.18. The van der Waals surface area contributed by atoms with Crippen LogP contribution in [0.25, 0.3) is 0 Å². The first-order valence-electron chi connectivity index (χ1n) is 4.64. The number of methoxy groups -OCH3 is 1. The summed E-state index contributed by atoms with van der Waals surface area (Å²) in [5, 5.41) is 0. The lowest BCUT2D eigenvalue weighted by atomic mass is 10.4. The number of hydrogen-bond donors (Lipinski definition) is 0. The monoisotopic (exact) mass is 216 g/mol. The van der Waals surface area contributed by atoms with Gasteiger partial charge < -0.3 is 14.2 Å². The predicted molar refractivity (Wildman–Crippen MR) is 53.2 cm³/mol. The van der Waals surface area contributed by atoms with Crippen molar-refractivity contribution in [2.75, 3.05) is 20.3 Å². The van der Waals surface area contributed by atoms with E-state index in [1.54, 1.807) is 13.8 Å². The van der Waals surface area contributed by atoms with Gasteiger partial charge in [0, 0.05) is 19.3 Å². The van der Waals surface area contributed by atoms with Crippen LogP contribution in [-0.2, 0) is 23.8 Å². The third kappa shape index (κ3) is 7.69. The van der Waals surface area contributed by atoms with E-state index < -0.39 is 11.9 Å². The first kappa shape index (κ1) is 13.6. The largest absolute Gasteiger partial charge is 0.463 e. The van der Waals surface area contributed by atoms with Crippen LogP contribution in [0.15, 0.2) is 12.2 Å². The Morgan fingerprint density at radius 3 is 2.40 bits per heavy atom. The molecule has 0 fully saturated rings. The van der Waals surface area contributed by atoms with Crippen LogP contribution >= 0.6 is 0 Å². The molecule has 5 heteroatoms. The molecule has 0 aliphatic rings. The molecule has 0 rings (SSSR count). The van der Waals surface area contributed by atoms with Crippen molar-refractivity contribution in [3.05, 3.63) is 12.2 Å². The maximum Gasteiger partial charge on any atom is 0.331 e. The van der Waals surface area contributed by atoms with Gasteiger partial charge in [-0.15, -0.1) is 0 Å². The third-order valence-corrected chi connectivity index (χ3v) is 1.36. The normalized spacial score (nSPS) is 12.5. The fourth-order valence-electron chi connectivity index (χ4n) is 0.833. The van der Waals surface area contributed by atoms with Crippen molar-refractivity contribution in [3.8, 4) is 0 Å². The van der Waals surface area contributed by atoms with Crippen LogP contribution in [0.2, 0.25) is 0 Å². The SMILES string of the molecule is CCOC(=O)/C=C\C(=O)OC(C)COC. The quantitative estimate of drug-likeness (QED) is 0.482. The summed E-state index contributed by atoms with van der Waals surface area (Å²) in [4.78, 5) is 21.9. The Hall–Kier alpha value is -1.36. The van der Waals surface area contributed by atoms with Gasteiger partial charge in [-0.1, -0.05) is 0 Å². The van der Waals surface area contributed by atoms with Crippen molar-refractivity contribution in [1.82, 2.24) is 0 Å². The molecule has 0 aliphatic heterocycles. The lowest BCUT2D eigenvalue weighted by molar-refractivity contribution is -0.145. The number of ether oxygens (including phenoxy) is 3. The molecule has 0 aromatic carbocycles. The topological polar surface area (TPSA) is 61.8 Å². The van der Waals surface area contributed by atoms with Gasteiger partial charge >= 0.3 is 11.9 Å². The van der Waals surface area contributed by atoms with Crippen molar-refractivity contribution in [1.29, 1.82) is 0 Å². The fraction of sp³-hybridized carbons (Fsp3) is 0.600. The van der Waals surface area contributed by atoms with E-state index >= 15 is 0 Å². The maximum atomic E-state index is 11.1. The van der Waals surface area contributed by atoms with Crippen molar-refractivity contribution >= 4 is 11.9 Å². The number of carbonyl (C=O) groups excluding carboxylic acids is 2. The van der Waals surface area contributed by atoms with Gasteiger partial charge in [-0.25, -0.2) is 9.59 Å². The molecule has 0 amide bonds.